The molecule has 1 aromatic rings. The lowest BCUT2D eigenvalue weighted by molar-refractivity contribution is 0.282. The van der Waals surface area contributed by atoms with Crippen LogP contribution in [-0.4, -0.2) is 20.1 Å². The van der Waals surface area contributed by atoms with E-state index in [0.717, 1.165) is 17.8 Å². The molecular weight excluding hydrogens is 246 g/mol. The van der Waals surface area contributed by atoms with Crippen molar-refractivity contribution in [2.24, 2.45) is 5.92 Å². The van der Waals surface area contributed by atoms with Crippen molar-refractivity contribution >= 4 is 21.4 Å². The number of thiophene rings is 1. The maximum Gasteiger partial charge on any atom is 0.250 e. The molecule has 0 aromatic carbocycles. The van der Waals surface area contributed by atoms with Crippen molar-refractivity contribution < 1.29 is 13.5 Å². The molecule has 0 saturated heterocycles. The van der Waals surface area contributed by atoms with Gasteiger partial charge in [0.15, 0.2) is 0 Å². The fourth-order valence-corrected chi connectivity index (χ4v) is 3.45. The minimum Gasteiger partial charge on any atom is -0.392 e. The SMILES string of the molecule is CCC(C)CNS(=O)(=O)c1cc(CO)cs1. The quantitative estimate of drug-likeness (QED) is 0.818. The summed E-state index contributed by atoms with van der Waals surface area (Å²) in [4.78, 5) is 0. The first kappa shape index (κ1) is 13.6. The molecule has 0 aliphatic rings. The Labute approximate surface area is 100 Å². The van der Waals surface area contributed by atoms with E-state index >= 15 is 0 Å². The van der Waals surface area contributed by atoms with Crippen LogP contribution in [0.1, 0.15) is 25.8 Å². The highest BCUT2D eigenvalue weighted by molar-refractivity contribution is 7.91. The second kappa shape index (κ2) is 5.77. The third kappa shape index (κ3) is 3.55. The summed E-state index contributed by atoms with van der Waals surface area (Å²) in [6.07, 6.45) is 0.939. The summed E-state index contributed by atoms with van der Waals surface area (Å²) >= 11 is 1.13. The molecule has 2 N–H and O–H groups in total. The van der Waals surface area contributed by atoms with E-state index in [-0.39, 0.29) is 10.8 Å². The van der Waals surface area contributed by atoms with E-state index in [0.29, 0.717) is 18.0 Å². The van der Waals surface area contributed by atoms with Gasteiger partial charge in [0, 0.05) is 6.54 Å². The number of rotatable bonds is 6. The van der Waals surface area contributed by atoms with Crippen LogP contribution in [0.4, 0.5) is 0 Å². The molecule has 1 aromatic heterocycles. The van der Waals surface area contributed by atoms with Gasteiger partial charge in [-0.05, 0) is 22.9 Å². The van der Waals surface area contributed by atoms with Crippen molar-refractivity contribution in [3.05, 3.63) is 17.0 Å². The molecule has 1 heterocycles. The van der Waals surface area contributed by atoms with E-state index in [4.69, 9.17) is 5.11 Å². The molecule has 0 amide bonds. The van der Waals surface area contributed by atoms with Crippen LogP contribution in [0.2, 0.25) is 0 Å². The van der Waals surface area contributed by atoms with Crippen molar-refractivity contribution in [3.8, 4) is 0 Å². The maximum atomic E-state index is 11.8. The third-order valence-electron chi connectivity index (χ3n) is 2.40. The molecule has 0 radical (unpaired) electrons. The molecule has 0 aliphatic heterocycles. The second-order valence-electron chi connectivity index (χ2n) is 3.80. The Morgan fingerprint density at radius 1 is 1.56 bits per heavy atom. The van der Waals surface area contributed by atoms with Crippen molar-refractivity contribution in [2.45, 2.75) is 31.1 Å². The molecule has 92 valence electrons. The van der Waals surface area contributed by atoms with Crippen LogP contribution in [0.5, 0.6) is 0 Å². The summed E-state index contributed by atoms with van der Waals surface area (Å²) in [6, 6.07) is 1.50. The van der Waals surface area contributed by atoms with E-state index in [1.807, 2.05) is 13.8 Å². The summed E-state index contributed by atoms with van der Waals surface area (Å²) in [5.74, 6) is 0.326. The van der Waals surface area contributed by atoms with Crippen molar-refractivity contribution in [2.75, 3.05) is 6.54 Å². The van der Waals surface area contributed by atoms with Crippen LogP contribution in [0.3, 0.4) is 0 Å². The third-order valence-corrected chi connectivity index (χ3v) is 5.31. The lowest BCUT2D eigenvalue weighted by atomic mass is 10.1. The molecule has 0 saturated carbocycles. The Morgan fingerprint density at radius 3 is 2.75 bits per heavy atom. The monoisotopic (exact) mass is 263 g/mol. The van der Waals surface area contributed by atoms with E-state index in [9.17, 15) is 8.42 Å². The Morgan fingerprint density at radius 2 is 2.25 bits per heavy atom. The van der Waals surface area contributed by atoms with Crippen LogP contribution < -0.4 is 4.72 Å². The molecule has 4 nitrogen and oxygen atoms in total. The van der Waals surface area contributed by atoms with E-state index < -0.39 is 10.0 Å². The Bertz CT molecular complexity index is 425. The van der Waals surface area contributed by atoms with Gasteiger partial charge in [0.2, 0.25) is 10.0 Å². The molecule has 0 spiro atoms. The molecule has 1 rings (SSSR count). The van der Waals surface area contributed by atoms with E-state index in [1.54, 1.807) is 5.38 Å². The van der Waals surface area contributed by atoms with Gasteiger partial charge in [0.25, 0.3) is 0 Å². The highest BCUT2D eigenvalue weighted by atomic mass is 32.2. The summed E-state index contributed by atoms with van der Waals surface area (Å²) < 4.78 is 26.4. The molecule has 1 atom stereocenters. The van der Waals surface area contributed by atoms with E-state index in [1.165, 1.54) is 6.07 Å². The normalized spacial score (nSPS) is 13.9. The first-order valence-electron chi connectivity index (χ1n) is 5.17. The summed E-state index contributed by atoms with van der Waals surface area (Å²) in [6.45, 7) is 4.34. The zero-order valence-corrected chi connectivity index (χ0v) is 11.1. The van der Waals surface area contributed by atoms with Crippen LogP contribution in [0.25, 0.3) is 0 Å². The van der Waals surface area contributed by atoms with Crippen LogP contribution in [0.15, 0.2) is 15.7 Å². The number of hydrogen-bond donors (Lipinski definition) is 2. The molecule has 16 heavy (non-hydrogen) atoms. The van der Waals surface area contributed by atoms with Gasteiger partial charge in [0.1, 0.15) is 4.21 Å². The van der Waals surface area contributed by atoms with Crippen molar-refractivity contribution in [3.63, 3.8) is 0 Å². The highest BCUT2D eigenvalue weighted by Gasteiger charge is 2.16. The van der Waals surface area contributed by atoms with Crippen molar-refractivity contribution in [1.82, 2.24) is 4.72 Å². The van der Waals surface area contributed by atoms with Crippen molar-refractivity contribution in [1.29, 1.82) is 0 Å². The van der Waals surface area contributed by atoms with Crippen LogP contribution in [0, 0.1) is 5.92 Å². The number of aliphatic hydroxyl groups excluding tert-OH is 1. The van der Waals surface area contributed by atoms with Gasteiger partial charge in [-0.3, -0.25) is 0 Å². The largest absolute Gasteiger partial charge is 0.392 e. The van der Waals surface area contributed by atoms with Gasteiger partial charge >= 0.3 is 0 Å². The van der Waals surface area contributed by atoms with Gasteiger partial charge in [-0.15, -0.1) is 11.3 Å². The van der Waals surface area contributed by atoms with Crippen LogP contribution >= 0.6 is 11.3 Å². The number of nitrogens with one attached hydrogen (secondary N) is 1. The number of sulfonamides is 1. The summed E-state index contributed by atoms with van der Waals surface area (Å²) in [7, 11) is -3.40. The lowest BCUT2D eigenvalue weighted by Crippen LogP contribution is -2.27. The molecule has 0 aliphatic carbocycles. The summed E-state index contributed by atoms with van der Waals surface area (Å²) in [5.41, 5.74) is 0.633. The Kier molecular flexibility index (Phi) is 4.91. The Hall–Kier alpha value is -0.430. The Balaban J connectivity index is 2.70. The van der Waals surface area contributed by atoms with E-state index in [2.05, 4.69) is 4.72 Å². The molecule has 0 fully saturated rings. The maximum absolute atomic E-state index is 11.8. The van der Waals surface area contributed by atoms with Gasteiger partial charge in [0.05, 0.1) is 6.61 Å². The fraction of sp³-hybridized carbons (Fsp3) is 0.600. The average molecular weight is 263 g/mol. The topological polar surface area (TPSA) is 66.4 Å². The minimum absolute atomic E-state index is 0.128. The molecule has 1 unspecified atom stereocenters. The highest BCUT2D eigenvalue weighted by Crippen LogP contribution is 2.20. The van der Waals surface area contributed by atoms with Gasteiger partial charge in [-0.1, -0.05) is 20.3 Å². The molecular formula is C10H17NO3S2. The zero-order chi connectivity index (χ0) is 12.2. The number of aliphatic hydroxyl groups is 1. The standard InChI is InChI=1S/C10H17NO3S2/c1-3-8(2)5-11-16(13,14)10-4-9(6-12)7-15-10/h4,7-8,11-12H,3,5-6H2,1-2H3. The predicted molar refractivity (Wildman–Crippen MR) is 64.9 cm³/mol. The summed E-state index contributed by atoms with van der Waals surface area (Å²) in [5, 5.41) is 10.5. The average Bonchev–Trinajstić information content (AvgIpc) is 2.75. The zero-order valence-electron chi connectivity index (χ0n) is 9.43. The van der Waals surface area contributed by atoms with Gasteiger partial charge in [-0.2, -0.15) is 0 Å². The fourth-order valence-electron chi connectivity index (χ4n) is 1.04. The van der Waals surface area contributed by atoms with Gasteiger partial charge < -0.3 is 5.11 Å². The smallest absolute Gasteiger partial charge is 0.250 e. The van der Waals surface area contributed by atoms with Gasteiger partial charge in [-0.25, -0.2) is 13.1 Å². The van der Waals surface area contributed by atoms with Crippen LogP contribution in [-0.2, 0) is 16.6 Å². The minimum atomic E-state index is -3.40. The first-order valence-corrected chi connectivity index (χ1v) is 7.53. The lowest BCUT2D eigenvalue weighted by Gasteiger charge is -2.09. The second-order valence-corrected chi connectivity index (χ2v) is 6.70. The predicted octanol–water partition coefficient (Wildman–Crippen LogP) is 1.56. The first-order chi connectivity index (χ1) is 7.49. The molecule has 6 heteroatoms. The number of hydrogen-bond acceptors (Lipinski definition) is 4. The molecule has 0 bridgehead atoms.